The summed E-state index contributed by atoms with van der Waals surface area (Å²) in [6.07, 6.45) is 0. The summed E-state index contributed by atoms with van der Waals surface area (Å²) in [4.78, 5) is 0. The van der Waals surface area contributed by atoms with Crippen LogP contribution in [0.1, 0.15) is 5.56 Å². The number of aromatic hydroxyl groups is 1. The Hall–Kier alpha value is -2.68. The van der Waals surface area contributed by atoms with Gasteiger partial charge in [0.15, 0.2) is 0 Å². The lowest BCUT2D eigenvalue weighted by Gasteiger charge is -2.04. The van der Waals surface area contributed by atoms with Gasteiger partial charge < -0.3 is 5.11 Å². The molecule has 0 aromatic heterocycles. The van der Waals surface area contributed by atoms with Gasteiger partial charge in [-0.05, 0) is 48.2 Å². The van der Waals surface area contributed by atoms with Gasteiger partial charge in [0.05, 0.1) is 11.4 Å². The van der Waals surface area contributed by atoms with E-state index in [2.05, 4.69) is 23.2 Å². The quantitative estimate of drug-likeness (QED) is 0.628. The second-order valence-electron chi connectivity index (χ2n) is 4.66. The van der Waals surface area contributed by atoms with E-state index in [1.165, 1.54) is 10.9 Å². The molecule has 3 aromatic carbocycles. The lowest BCUT2D eigenvalue weighted by Crippen LogP contribution is -1.78. The average Bonchev–Trinajstić information content (AvgIpc) is 2.49. The number of rotatable bonds is 2. The van der Waals surface area contributed by atoms with E-state index in [-0.39, 0.29) is 5.75 Å². The van der Waals surface area contributed by atoms with Crippen molar-refractivity contribution < 1.29 is 5.11 Å². The van der Waals surface area contributed by atoms with Crippen LogP contribution >= 0.6 is 0 Å². The van der Waals surface area contributed by atoms with Crippen LogP contribution in [-0.4, -0.2) is 5.11 Å². The molecule has 3 nitrogen and oxygen atoms in total. The molecule has 3 rings (SSSR count). The lowest BCUT2D eigenvalue weighted by atomic mass is 10.0. The highest BCUT2D eigenvalue weighted by Gasteiger charge is 2.02. The number of phenols is 1. The second kappa shape index (κ2) is 5.13. The van der Waals surface area contributed by atoms with E-state index in [9.17, 15) is 5.11 Å². The number of hydrogen-bond acceptors (Lipinski definition) is 3. The number of azo groups is 1. The molecule has 20 heavy (non-hydrogen) atoms. The summed E-state index contributed by atoms with van der Waals surface area (Å²) in [5.41, 5.74) is 2.79. The number of nitrogens with zero attached hydrogens (tertiary/aromatic N) is 2. The van der Waals surface area contributed by atoms with Crippen molar-refractivity contribution in [2.45, 2.75) is 6.92 Å². The van der Waals surface area contributed by atoms with Crippen LogP contribution in [0.2, 0.25) is 0 Å². The van der Waals surface area contributed by atoms with E-state index >= 15 is 0 Å². The second-order valence-corrected chi connectivity index (χ2v) is 4.66. The molecule has 0 fully saturated rings. The maximum Gasteiger partial charge on any atom is 0.115 e. The van der Waals surface area contributed by atoms with Crippen molar-refractivity contribution in [1.29, 1.82) is 0 Å². The first-order valence-electron chi connectivity index (χ1n) is 6.43. The van der Waals surface area contributed by atoms with Crippen LogP contribution in [0, 0.1) is 6.92 Å². The van der Waals surface area contributed by atoms with Crippen LogP contribution in [0.25, 0.3) is 10.8 Å². The summed E-state index contributed by atoms with van der Waals surface area (Å²) in [7, 11) is 0. The number of benzene rings is 3. The largest absolute Gasteiger partial charge is 0.508 e. The van der Waals surface area contributed by atoms with Crippen LogP contribution in [0.5, 0.6) is 5.75 Å². The van der Waals surface area contributed by atoms with Crippen molar-refractivity contribution >= 4 is 22.1 Å². The molecule has 0 unspecified atom stereocenters. The molecule has 0 atom stereocenters. The molecule has 0 aliphatic rings. The molecular formula is C17H14N2O. The topological polar surface area (TPSA) is 45.0 Å². The van der Waals surface area contributed by atoms with Crippen molar-refractivity contribution in [2.24, 2.45) is 10.2 Å². The van der Waals surface area contributed by atoms with Crippen LogP contribution in [0.15, 0.2) is 70.9 Å². The van der Waals surface area contributed by atoms with Gasteiger partial charge >= 0.3 is 0 Å². The van der Waals surface area contributed by atoms with E-state index in [1.54, 1.807) is 24.3 Å². The van der Waals surface area contributed by atoms with E-state index in [0.717, 1.165) is 11.1 Å². The molecule has 0 radical (unpaired) electrons. The third-order valence-electron chi connectivity index (χ3n) is 3.24. The molecule has 3 heteroatoms. The van der Waals surface area contributed by atoms with Gasteiger partial charge in [-0.15, -0.1) is 5.11 Å². The van der Waals surface area contributed by atoms with Gasteiger partial charge in [-0.1, -0.05) is 30.3 Å². The summed E-state index contributed by atoms with van der Waals surface area (Å²) in [5.74, 6) is 0.227. The Bertz CT molecular complexity index is 777. The van der Waals surface area contributed by atoms with Crippen LogP contribution < -0.4 is 0 Å². The van der Waals surface area contributed by atoms with E-state index < -0.39 is 0 Å². The molecule has 0 spiro atoms. The Balaban J connectivity index is 2.03. The Kier molecular flexibility index (Phi) is 3.17. The summed E-state index contributed by atoms with van der Waals surface area (Å²) in [6, 6.07) is 18.8. The third kappa shape index (κ3) is 2.38. The van der Waals surface area contributed by atoms with E-state index in [1.807, 2.05) is 30.3 Å². The van der Waals surface area contributed by atoms with Crippen molar-refractivity contribution in [1.82, 2.24) is 0 Å². The molecule has 0 saturated heterocycles. The van der Waals surface area contributed by atoms with E-state index in [4.69, 9.17) is 0 Å². The molecule has 0 saturated carbocycles. The molecule has 0 aliphatic heterocycles. The zero-order chi connectivity index (χ0) is 13.9. The zero-order valence-corrected chi connectivity index (χ0v) is 11.1. The Labute approximate surface area is 117 Å². The highest BCUT2D eigenvalue weighted by atomic mass is 16.3. The number of phenolic OH excluding ortho intramolecular Hbond substituents is 1. The first-order chi connectivity index (χ1) is 9.74. The first kappa shape index (κ1) is 12.4. The molecule has 0 amide bonds. The molecule has 0 heterocycles. The Morgan fingerprint density at radius 2 is 1.45 bits per heavy atom. The highest BCUT2D eigenvalue weighted by molar-refractivity contribution is 5.94. The normalized spacial score (nSPS) is 11.2. The zero-order valence-electron chi connectivity index (χ0n) is 11.1. The number of fused-ring (bicyclic) bond motifs is 1. The van der Waals surface area contributed by atoms with E-state index in [0.29, 0.717) is 5.69 Å². The minimum atomic E-state index is 0.227. The van der Waals surface area contributed by atoms with Gasteiger partial charge in [0, 0.05) is 5.39 Å². The smallest absolute Gasteiger partial charge is 0.115 e. The summed E-state index contributed by atoms with van der Waals surface area (Å²) < 4.78 is 0. The van der Waals surface area contributed by atoms with Crippen LogP contribution in [-0.2, 0) is 0 Å². The standard InChI is InChI=1S/C17H14N2O/c1-12-6-11-17(16-5-3-2-4-15(12)16)19-18-13-7-9-14(20)10-8-13/h2-11,20H,1H3. The summed E-state index contributed by atoms with van der Waals surface area (Å²) in [5, 5.41) is 20.1. The first-order valence-corrected chi connectivity index (χ1v) is 6.43. The molecule has 0 aliphatic carbocycles. The Morgan fingerprint density at radius 3 is 2.20 bits per heavy atom. The van der Waals surface area contributed by atoms with Gasteiger partial charge in [-0.3, -0.25) is 0 Å². The fraction of sp³-hybridized carbons (Fsp3) is 0.0588. The maximum atomic E-state index is 9.24. The summed E-state index contributed by atoms with van der Waals surface area (Å²) >= 11 is 0. The molecular weight excluding hydrogens is 248 g/mol. The molecule has 98 valence electrons. The fourth-order valence-corrected chi connectivity index (χ4v) is 2.15. The third-order valence-corrected chi connectivity index (χ3v) is 3.24. The van der Waals surface area contributed by atoms with Gasteiger partial charge in [-0.25, -0.2) is 0 Å². The van der Waals surface area contributed by atoms with Crippen LogP contribution in [0.4, 0.5) is 11.4 Å². The maximum absolute atomic E-state index is 9.24. The average molecular weight is 262 g/mol. The minimum Gasteiger partial charge on any atom is -0.508 e. The molecule has 3 aromatic rings. The van der Waals surface area contributed by atoms with Crippen molar-refractivity contribution in [2.75, 3.05) is 0 Å². The van der Waals surface area contributed by atoms with Gasteiger partial charge in [0.1, 0.15) is 5.75 Å². The van der Waals surface area contributed by atoms with Crippen LogP contribution in [0.3, 0.4) is 0 Å². The predicted octanol–water partition coefficient (Wildman–Crippen LogP) is 5.27. The molecule has 0 bridgehead atoms. The number of hydrogen-bond donors (Lipinski definition) is 1. The highest BCUT2D eigenvalue weighted by Crippen LogP contribution is 2.30. The Morgan fingerprint density at radius 1 is 0.750 bits per heavy atom. The van der Waals surface area contributed by atoms with Crippen molar-refractivity contribution in [3.63, 3.8) is 0 Å². The summed E-state index contributed by atoms with van der Waals surface area (Å²) in [6.45, 7) is 2.09. The SMILES string of the molecule is Cc1ccc(N=Nc2ccc(O)cc2)c2ccccc12. The lowest BCUT2D eigenvalue weighted by molar-refractivity contribution is 0.475. The van der Waals surface area contributed by atoms with Gasteiger partial charge in [0.25, 0.3) is 0 Å². The number of aryl methyl sites for hydroxylation is 1. The minimum absolute atomic E-state index is 0.227. The predicted molar refractivity (Wildman–Crippen MR) is 81.0 cm³/mol. The van der Waals surface area contributed by atoms with Crippen molar-refractivity contribution in [3.05, 3.63) is 66.2 Å². The van der Waals surface area contributed by atoms with Crippen molar-refractivity contribution in [3.8, 4) is 5.75 Å². The van der Waals surface area contributed by atoms with Gasteiger partial charge in [-0.2, -0.15) is 5.11 Å². The molecule has 1 N–H and O–H groups in total. The fourth-order valence-electron chi connectivity index (χ4n) is 2.15. The van der Waals surface area contributed by atoms with Gasteiger partial charge in [0.2, 0.25) is 0 Å². The monoisotopic (exact) mass is 262 g/mol.